The Kier molecular flexibility index (Phi) is 13.0. The van der Waals surface area contributed by atoms with Gasteiger partial charge in [0.25, 0.3) is 0 Å². The van der Waals surface area contributed by atoms with Crippen LogP contribution >= 0.6 is 0 Å². The molecule has 6 nitrogen and oxygen atoms in total. The molecule has 0 atom stereocenters. The first-order valence-corrected chi connectivity index (χ1v) is 29.9. The first kappa shape index (κ1) is 45.4. The molecule has 5 aromatic heterocycles. The van der Waals surface area contributed by atoms with Crippen LogP contribution < -0.4 is 4.40 Å². The molecular formula is C56H57GeIrN5O-2. The summed E-state index contributed by atoms with van der Waals surface area (Å²) < 4.78 is 10.6. The Morgan fingerprint density at radius 2 is 1.39 bits per heavy atom. The van der Waals surface area contributed by atoms with Crippen molar-refractivity contribution in [2.75, 3.05) is 0 Å². The molecule has 0 unspecified atom stereocenters. The van der Waals surface area contributed by atoms with Crippen LogP contribution in [0, 0.1) is 32.9 Å². The van der Waals surface area contributed by atoms with Crippen LogP contribution in [-0.4, -0.2) is 37.8 Å². The van der Waals surface area contributed by atoms with Gasteiger partial charge in [-0.1, -0.05) is 75.9 Å². The van der Waals surface area contributed by atoms with Gasteiger partial charge in [-0.3, -0.25) is 15.0 Å². The summed E-state index contributed by atoms with van der Waals surface area (Å²) in [6, 6.07) is 36.6. The molecule has 0 N–H and O–H groups in total. The Bertz CT molecular complexity index is 3110. The third-order valence-corrected chi connectivity index (χ3v) is 17.0. The quantitative estimate of drug-likeness (QED) is 0.117. The monoisotopic (exact) mass is 1080 g/mol. The van der Waals surface area contributed by atoms with E-state index >= 15 is 0 Å². The van der Waals surface area contributed by atoms with Gasteiger partial charge in [0.1, 0.15) is 5.58 Å². The fraction of sp³-hybridized carbons (Fsp3) is 0.286. The molecule has 0 spiro atoms. The van der Waals surface area contributed by atoms with Crippen LogP contribution in [0.4, 0.5) is 0 Å². The van der Waals surface area contributed by atoms with Crippen molar-refractivity contribution in [3.63, 3.8) is 0 Å². The van der Waals surface area contributed by atoms with E-state index in [2.05, 4.69) is 147 Å². The summed E-state index contributed by atoms with van der Waals surface area (Å²) in [4.78, 5) is 19.4. The van der Waals surface area contributed by atoms with Crippen molar-refractivity contribution in [3.8, 4) is 39.5 Å². The number of aryl methyl sites for hydroxylation is 3. The first-order chi connectivity index (χ1) is 30.3. The summed E-state index contributed by atoms with van der Waals surface area (Å²) in [5.74, 6) is 8.75. The molecule has 0 bridgehead atoms. The molecule has 9 aromatic rings. The van der Waals surface area contributed by atoms with Gasteiger partial charge in [-0.25, -0.2) is 0 Å². The number of furan rings is 1. The number of hydrogen-bond donors (Lipinski definition) is 0. The Balaban J connectivity index is 0.000000224. The summed E-state index contributed by atoms with van der Waals surface area (Å²) in [5.41, 5.74) is 18.8. The van der Waals surface area contributed by atoms with E-state index < -0.39 is 13.3 Å². The maximum absolute atomic E-state index is 6.64. The molecular weight excluding hydrogens is 1020 g/mol. The summed E-state index contributed by atoms with van der Waals surface area (Å²) in [6.45, 7) is 15.3. The molecule has 0 saturated carbocycles. The van der Waals surface area contributed by atoms with Crippen LogP contribution in [0.5, 0.6) is 0 Å². The smallest absolute Gasteiger partial charge is 0 e. The van der Waals surface area contributed by atoms with Crippen LogP contribution in [-0.2, 0) is 32.9 Å². The van der Waals surface area contributed by atoms with E-state index in [1.807, 2.05) is 43.6 Å². The van der Waals surface area contributed by atoms with Gasteiger partial charge in [-0.2, -0.15) is 0 Å². The number of benzene rings is 4. The largest absolute Gasteiger partial charge is 0 e. The van der Waals surface area contributed by atoms with Crippen molar-refractivity contribution >= 4 is 50.6 Å². The number of imidazole rings is 1. The summed E-state index contributed by atoms with van der Waals surface area (Å²) in [7, 11) is 0. The average molecular weight is 1080 g/mol. The van der Waals surface area contributed by atoms with Crippen molar-refractivity contribution in [3.05, 3.63) is 155 Å². The molecule has 327 valence electrons. The molecule has 1 aliphatic rings. The molecule has 5 heterocycles. The molecule has 1 radical (unpaired) electrons. The van der Waals surface area contributed by atoms with Crippen LogP contribution in [0.15, 0.2) is 108 Å². The minimum atomic E-state index is -1.83. The summed E-state index contributed by atoms with van der Waals surface area (Å²) >= 11 is -1.83. The van der Waals surface area contributed by atoms with Gasteiger partial charge < -0.3 is 8.98 Å². The number of fused-ring (bicyclic) bond motifs is 5. The minimum Gasteiger partial charge on any atom is 0 e. The van der Waals surface area contributed by atoms with Crippen LogP contribution in [0.1, 0.15) is 91.6 Å². The maximum atomic E-state index is 6.64. The molecule has 8 heteroatoms. The second-order valence-corrected chi connectivity index (χ2v) is 29.4. The van der Waals surface area contributed by atoms with Crippen molar-refractivity contribution in [1.82, 2.24) is 24.5 Å². The zero-order chi connectivity index (χ0) is 44.2. The van der Waals surface area contributed by atoms with E-state index in [1.165, 1.54) is 59.2 Å². The van der Waals surface area contributed by atoms with Crippen molar-refractivity contribution < 1.29 is 24.5 Å². The zero-order valence-corrected chi connectivity index (χ0v) is 43.3. The van der Waals surface area contributed by atoms with E-state index in [0.717, 1.165) is 72.6 Å². The topological polar surface area (TPSA) is 69.6 Å². The second-order valence-electron chi connectivity index (χ2n) is 18.9. The van der Waals surface area contributed by atoms with Gasteiger partial charge in [0, 0.05) is 43.6 Å². The number of hydrogen-bond acceptors (Lipinski definition) is 5. The molecule has 1 aliphatic carbocycles. The fourth-order valence-corrected chi connectivity index (χ4v) is 13.0. The number of pyridine rings is 3. The normalized spacial score (nSPS) is 12.8. The van der Waals surface area contributed by atoms with E-state index in [9.17, 15) is 0 Å². The first-order valence-electron chi connectivity index (χ1n) is 22.6. The second kappa shape index (κ2) is 18.3. The Morgan fingerprint density at radius 3 is 2.06 bits per heavy atom. The SMILES string of the molecule is Cc1nccc2c1oc1c(-c3nc4ccnc(C)c4n3-c3c(C(C)C)cc(-c4ccccc4)cc3C(C)C)[c-]cc(C)c12.[CH3][Ge]([CH3])([CH3])[c]1cnc(-c2[c-]cccc2)c2c1CCCC2.[Ir]. The van der Waals surface area contributed by atoms with E-state index in [0.29, 0.717) is 0 Å². The van der Waals surface area contributed by atoms with Gasteiger partial charge in [-0.15, -0.1) is 17.7 Å². The van der Waals surface area contributed by atoms with Crippen molar-refractivity contribution in [2.24, 2.45) is 0 Å². The van der Waals surface area contributed by atoms with Gasteiger partial charge >= 0.3 is 125 Å². The van der Waals surface area contributed by atoms with E-state index in [1.54, 1.807) is 9.96 Å². The number of aromatic nitrogens is 5. The molecule has 0 fully saturated rings. The molecule has 4 aromatic carbocycles. The Hall–Kier alpha value is -5.21. The van der Waals surface area contributed by atoms with E-state index in [4.69, 9.17) is 19.4 Å². The maximum Gasteiger partial charge on any atom is 0 e. The van der Waals surface area contributed by atoms with Gasteiger partial charge in [0.2, 0.25) is 0 Å². The molecule has 10 rings (SSSR count). The summed E-state index contributed by atoms with van der Waals surface area (Å²) in [5, 5.41) is 2.14. The number of nitrogens with zero attached hydrogens (tertiary/aromatic N) is 5. The standard InChI is InChI=1S/C38H35N4O.C18H22GeN.Ir/c1-21(2)30-19-27(26-11-9-8-10-12-26)20-31(22(3)4)35(30)42-34-24(6)39-18-16-32(34)41-38(42)29-14-13-23(5)33-28-15-17-40-25(7)36(28)43-37(29)33;1-19(2,3)17-13-20-18(14-9-5-4-6-10-14)16-12-8-7-11-15(16)17;/h8-13,15-22H,1-7H3;4-6,9,13H,7-8,11-12H2,1-3H3;/q2*-1;. The Morgan fingerprint density at radius 1 is 0.719 bits per heavy atom. The summed E-state index contributed by atoms with van der Waals surface area (Å²) in [6.07, 6.45) is 10.9. The minimum absolute atomic E-state index is 0. The van der Waals surface area contributed by atoms with E-state index in [-0.39, 0.29) is 31.9 Å². The molecule has 0 amide bonds. The molecule has 0 aliphatic heterocycles. The fourth-order valence-electron chi connectivity index (χ4n) is 9.56. The van der Waals surface area contributed by atoms with Gasteiger partial charge in [0.05, 0.1) is 33.8 Å². The Labute approximate surface area is 394 Å². The van der Waals surface area contributed by atoms with Crippen molar-refractivity contribution in [1.29, 1.82) is 0 Å². The van der Waals surface area contributed by atoms with Crippen LogP contribution in [0.2, 0.25) is 17.3 Å². The third-order valence-electron chi connectivity index (χ3n) is 12.7. The van der Waals surface area contributed by atoms with Crippen LogP contribution in [0.3, 0.4) is 0 Å². The predicted octanol–water partition coefficient (Wildman–Crippen LogP) is 14.0. The predicted molar refractivity (Wildman–Crippen MR) is 264 cm³/mol. The molecule has 64 heavy (non-hydrogen) atoms. The molecule has 0 saturated heterocycles. The van der Waals surface area contributed by atoms with Crippen LogP contribution in [0.25, 0.3) is 72.4 Å². The van der Waals surface area contributed by atoms with Gasteiger partial charge in [0.15, 0.2) is 0 Å². The third kappa shape index (κ3) is 8.32. The van der Waals surface area contributed by atoms with Crippen molar-refractivity contribution in [2.45, 2.75) is 103 Å². The van der Waals surface area contributed by atoms with Gasteiger partial charge in [-0.05, 0) is 72.2 Å². The zero-order valence-electron chi connectivity index (χ0n) is 38.8. The number of rotatable bonds is 7. The average Bonchev–Trinajstić information content (AvgIpc) is 3.88.